The summed E-state index contributed by atoms with van der Waals surface area (Å²) in [6, 6.07) is 7.18. The van der Waals surface area contributed by atoms with Gasteiger partial charge in [0.2, 0.25) is 11.9 Å². The van der Waals surface area contributed by atoms with Gasteiger partial charge in [0.25, 0.3) is 0 Å². The number of fused-ring (bicyclic) bond motifs is 1. The lowest BCUT2D eigenvalue weighted by Gasteiger charge is -2.34. The molecular formula is C27H37N7O. The minimum atomic E-state index is 0.0936. The molecular weight excluding hydrogens is 438 g/mol. The molecule has 2 aliphatic rings. The molecule has 1 N–H and O–H groups in total. The molecule has 1 aliphatic heterocycles. The second-order valence-corrected chi connectivity index (χ2v) is 11.2. The summed E-state index contributed by atoms with van der Waals surface area (Å²) in [5.41, 5.74) is 6.72. The van der Waals surface area contributed by atoms with Gasteiger partial charge in [0.05, 0.1) is 18.6 Å². The lowest BCUT2D eigenvalue weighted by molar-refractivity contribution is -0.122. The van der Waals surface area contributed by atoms with Gasteiger partial charge in [-0.2, -0.15) is 4.98 Å². The number of aryl methyl sites for hydroxylation is 2. The third-order valence-corrected chi connectivity index (χ3v) is 7.17. The first-order chi connectivity index (χ1) is 16.7. The van der Waals surface area contributed by atoms with E-state index in [1.165, 1.54) is 16.7 Å². The van der Waals surface area contributed by atoms with Crippen molar-refractivity contribution in [3.63, 3.8) is 0 Å². The van der Waals surface area contributed by atoms with Gasteiger partial charge in [0, 0.05) is 45.7 Å². The third-order valence-electron chi connectivity index (χ3n) is 7.17. The lowest BCUT2D eigenvalue weighted by atomic mass is 9.84. The summed E-state index contributed by atoms with van der Waals surface area (Å²) < 4.78 is 2.02. The summed E-state index contributed by atoms with van der Waals surface area (Å²) in [5, 5.41) is 3.09. The molecule has 2 aromatic heterocycles. The zero-order chi connectivity index (χ0) is 24.7. The number of nitrogens with one attached hydrogen (secondary N) is 1. The van der Waals surface area contributed by atoms with Gasteiger partial charge in [-0.3, -0.25) is 9.69 Å². The van der Waals surface area contributed by atoms with E-state index in [9.17, 15) is 4.79 Å². The number of rotatable bonds is 6. The number of carbonyl (C=O) groups excluding carboxylic acids is 1. The number of carbonyl (C=O) groups is 1. The van der Waals surface area contributed by atoms with Crippen LogP contribution in [0.25, 0.3) is 11.2 Å². The molecule has 8 nitrogen and oxygen atoms in total. The Morgan fingerprint density at radius 3 is 2.54 bits per heavy atom. The molecule has 2 fully saturated rings. The Labute approximate surface area is 207 Å². The van der Waals surface area contributed by atoms with E-state index in [1.54, 1.807) is 0 Å². The van der Waals surface area contributed by atoms with Crippen molar-refractivity contribution >= 4 is 23.0 Å². The van der Waals surface area contributed by atoms with Crippen LogP contribution in [0.3, 0.4) is 0 Å². The van der Waals surface area contributed by atoms with E-state index in [0.29, 0.717) is 12.6 Å². The molecule has 1 aliphatic carbocycles. The molecule has 0 unspecified atom stereocenters. The fourth-order valence-corrected chi connectivity index (χ4v) is 4.71. The molecule has 3 heterocycles. The van der Waals surface area contributed by atoms with E-state index in [2.05, 4.69) is 66.0 Å². The molecule has 1 aromatic carbocycles. The number of piperazine rings is 1. The standard InChI is InChI=1S/C27H37N7O/c1-18-6-7-20(27(2,3)4)14-19(18)15-22-24-25(28-17-32(24)5)31-26(30-22)34-12-10-33(11-13-34)16-23(35)29-21-8-9-21/h6-7,14,17,21H,8-13,15-16H2,1-5H3,(H,29,35). The van der Waals surface area contributed by atoms with Crippen molar-refractivity contribution < 1.29 is 4.79 Å². The first-order valence-corrected chi connectivity index (χ1v) is 12.7. The zero-order valence-corrected chi connectivity index (χ0v) is 21.6. The summed E-state index contributed by atoms with van der Waals surface area (Å²) >= 11 is 0. The van der Waals surface area contributed by atoms with E-state index in [1.807, 2.05) is 17.9 Å². The first kappa shape index (κ1) is 23.7. The molecule has 0 radical (unpaired) electrons. The lowest BCUT2D eigenvalue weighted by Crippen LogP contribution is -2.50. The predicted octanol–water partition coefficient (Wildman–Crippen LogP) is 2.96. The number of nitrogens with zero attached hydrogens (tertiary/aromatic N) is 6. The normalized spacial score (nSPS) is 17.2. The first-order valence-electron chi connectivity index (χ1n) is 12.7. The number of imidazole rings is 1. The van der Waals surface area contributed by atoms with E-state index in [-0.39, 0.29) is 11.3 Å². The molecule has 3 aromatic rings. The highest BCUT2D eigenvalue weighted by Gasteiger charge is 2.26. The Bertz CT molecular complexity index is 1230. The highest BCUT2D eigenvalue weighted by Crippen LogP contribution is 2.28. The van der Waals surface area contributed by atoms with Gasteiger partial charge in [0.15, 0.2) is 5.65 Å². The summed E-state index contributed by atoms with van der Waals surface area (Å²) in [4.78, 5) is 31.1. The van der Waals surface area contributed by atoms with E-state index in [4.69, 9.17) is 9.97 Å². The van der Waals surface area contributed by atoms with Crippen LogP contribution in [0.1, 0.15) is 56.0 Å². The average molecular weight is 476 g/mol. The molecule has 5 rings (SSSR count). The highest BCUT2D eigenvalue weighted by molar-refractivity contribution is 5.78. The maximum atomic E-state index is 12.2. The molecule has 1 saturated carbocycles. The summed E-state index contributed by atoms with van der Waals surface area (Å²) in [6.07, 6.45) is 4.80. The number of hydrogen-bond acceptors (Lipinski definition) is 6. The van der Waals surface area contributed by atoms with Gasteiger partial charge >= 0.3 is 0 Å². The topological polar surface area (TPSA) is 79.2 Å². The molecule has 0 spiro atoms. The fourth-order valence-electron chi connectivity index (χ4n) is 4.71. The number of anilines is 1. The molecule has 1 amide bonds. The van der Waals surface area contributed by atoms with Crippen LogP contribution in [0, 0.1) is 6.92 Å². The number of amides is 1. The van der Waals surface area contributed by atoms with Crippen LogP contribution in [-0.4, -0.2) is 69.1 Å². The van der Waals surface area contributed by atoms with Crippen LogP contribution in [-0.2, 0) is 23.7 Å². The van der Waals surface area contributed by atoms with Gasteiger partial charge in [-0.05, 0) is 41.9 Å². The minimum Gasteiger partial charge on any atom is -0.352 e. The van der Waals surface area contributed by atoms with E-state index in [0.717, 1.165) is 68.2 Å². The summed E-state index contributed by atoms with van der Waals surface area (Å²) in [5.74, 6) is 0.875. The molecule has 0 bridgehead atoms. The second kappa shape index (κ2) is 9.22. The van der Waals surface area contributed by atoms with Gasteiger partial charge in [-0.1, -0.05) is 39.0 Å². The Kier molecular flexibility index (Phi) is 6.25. The second-order valence-electron chi connectivity index (χ2n) is 11.2. The van der Waals surface area contributed by atoms with Crippen LogP contribution >= 0.6 is 0 Å². The van der Waals surface area contributed by atoms with E-state index >= 15 is 0 Å². The Hall–Kier alpha value is -3.00. The Morgan fingerprint density at radius 2 is 1.86 bits per heavy atom. The Balaban J connectivity index is 1.37. The molecule has 1 saturated heterocycles. The van der Waals surface area contributed by atoms with Crippen molar-refractivity contribution in [2.24, 2.45) is 7.05 Å². The fraction of sp³-hybridized carbons (Fsp3) is 0.556. The van der Waals surface area contributed by atoms with Gasteiger partial charge < -0.3 is 14.8 Å². The maximum Gasteiger partial charge on any atom is 0.234 e. The van der Waals surface area contributed by atoms with Gasteiger partial charge in [-0.25, -0.2) is 9.97 Å². The average Bonchev–Trinajstić information content (AvgIpc) is 3.54. The molecule has 35 heavy (non-hydrogen) atoms. The smallest absolute Gasteiger partial charge is 0.234 e. The van der Waals surface area contributed by atoms with Gasteiger partial charge in [-0.15, -0.1) is 0 Å². The van der Waals surface area contributed by atoms with Crippen LogP contribution in [0.5, 0.6) is 0 Å². The van der Waals surface area contributed by atoms with Gasteiger partial charge in [0.1, 0.15) is 5.52 Å². The number of aromatic nitrogens is 4. The molecule has 186 valence electrons. The molecule has 8 heteroatoms. The van der Waals surface area contributed by atoms with Crippen molar-refractivity contribution in [3.8, 4) is 0 Å². The number of hydrogen-bond donors (Lipinski definition) is 1. The minimum absolute atomic E-state index is 0.0936. The molecule has 0 atom stereocenters. The number of benzene rings is 1. The zero-order valence-electron chi connectivity index (χ0n) is 21.6. The largest absolute Gasteiger partial charge is 0.352 e. The highest BCUT2D eigenvalue weighted by atomic mass is 16.2. The third kappa shape index (κ3) is 5.32. The van der Waals surface area contributed by atoms with Crippen LogP contribution in [0.4, 0.5) is 5.95 Å². The van der Waals surface area contributed by atoms with Crippen molar-refractivity contribution in [2.45, 2.75) is 58.4 Å². The van der Waals surface area contributed by atoms with Crippen LogP contribution < -0.4 is 10.2 Å². The van der Waals surface area contributed by atoms with Crippen LogP contribution in [0.15, 0.2) is 24.5 Å². The van der Waals surface area contributed by atoms with Crippen molar-refractivity contribution in [1.82, 2.24) is 29.7 Å². The van der Waals surface area contributed by atoms with Crippen molar-refractivity contribution in [3.05, 3.63) is 46.9 Å². The SMILES string of the molecule is Cc1ccc(C(C)(C)C)cc1Cc1nc(N2CCN(CC(=O)NC3CC3)CC2)nc2ncn(C)c12. The summed E-state index contributed by atoms with van der Waals surface area (Å²) in [7, 11) is 2.01. The van der Waals surface area contributed by atoms with Crippen molar-refractivity contribution in [2.75, 3.05) is 37.6 Å². The van der Waals surface area contributed by atoms with E-state index < -0.39 is 0 Å². The Morgan fingerprint density at radius 1 is 1.11 bits per heavy atom. The maximum absolute atomic E-state index is 12.2. The van der Waals surface area contributed by atoms with Crippen LogP contribution in [0.2, 0.25) is 0 Å². The summed E-state index contributed by atoms with van der Waals surface area (Å²) in [6.45, 7) is 12.6. The quantitative estimate of drug-likeness (QED) is 0.591. The van der Waals surface area contributed by atoms with Crippen molar-refractivity contribution in [1.29, 1.82) is 0 Å². The predicted molar refractivity (Wildman–Crippen MR) is 139 cm³/mol. The monoisotopic (exact) mass is 475 g/mol.